The molecule has 0 atom stereocenters. The Bertz CT molecular complexity index is 683. The molecule has 0 saturated carbocycles. The van der Waals surface area contributed by atoms with Gasteiger partial charge in [0.05, 0.1) is 5.52 Å². The number of nitrogens with zero attached hydrogens (tertiary/aromatic N) is 1. The van der Waals surface area contributed by atoms with Crippen molar-refractivity contribution < 1.29 is 4.79 Å². The van der Waals surface area contributed by atoms with Crippen LogP contribution in [0.3, 0.4) is 0 Å². The van der Waals surface area contributed by atoms with Crippen molar-refractivity contribution in [3.05, 3.63) is 64.5 Å². The van der Waals surface area contributed by atoms with Gasteiger partial charge in [-0.25, -0.2) is 0 Å². The van der Waals surface area contributed by atoms with Gasteiger partial charge in [-0.3, -0.25) is 9.78 Å². The molecule has 0 radical (unpaired) electrons. The third-order valence-corrected chi connectivity index (χ3v) is 3.62. The molecule has 0 bridgehead atoms. The van der Waals surface area contributed by atoms with Crippen LogP contribution in [-0.2, 0) is 6.42 Å². The highest BCUT2D eigenvalue weighted by atomic mass is 32.1. The Morgan fingerprint density at radius 3 is 2.89 bits per heavy atom. The third kappa shape index (κ3) is 2.05. The summed E-state index contributed by atoms with van der Waals surface area (Å²) in [6, 6.07) is 11.7. The number of pyridine rings is 1. The fourth-order valence-corrected chi connectivity index (χ4v) is 2.67. The van der Waals surface area contributed by atoms with Crippen molar-refractivity contribution in [1.82, 2.24) is 4.98 Å². The molecule has 0 N–H and O–H groups in total. The van der Waals surface area contributed by atoms with E-state index in [2.05, 4.69) is 4.98 Å². The van der Waals surface area contributed by atoms with Crippen LogP contribution in [0.2, 0.25) is 0 Å². The Balaban J connectivity index is 1.98. The predicted molar refractivity (Wildman–Crippen MR) is 74.1 cm³/mol. The minimum atomic E-state index is 0.160. The van der Waals surface area contributed by atoms with Gasteiger partial charge in [-0.05, 0) is 29.1 Å². The molecule has 0 aliphatic carbocycles. The molecule has 18 heavy (non-hydrogen) atoms. The average Bonchev–Trinajstić information content (AvgIpc) is 2.93. The first kappa shape index (κ1) is 11.1. The zero-order valence-electron chi connectivity index (χ0n) is 9.67. The van der Waals surface area contributed by atoms with Crippen molar-refractivity contribution in [1.29, 1.82) is 0 Å². The van der Waals surface area contributed by atoms with Crippen LogP contribution in [0.1, 0.15) is 15.9 Å². The van der Waals surface area contributed by atoms with E-state index >= 15 is 0 Å². The van der Waals surface area contributed by atoms with E-state index in [9.17, 15) is 4.79 Å². The number of fused-ring (bicyclic) bond motifs is 1. The molecular formula is C15H11NOS. The normalized spacial score (nSPS) is 10.7. The summed E-state index contributed by atoms with van der Waals surface area (Å²) in [5.41, 5.74) is 2.77. The molecule has 1 aromatic carbocycles. The number of hydrogen-bond donors (Lipinski definition) is 0. The third-order valence-electron chi connectivity index (χ3n) is 2.93. The summed E-state index contributed by atoms with van der Waals surface area (Å²) in [5.74, 6) is 0.160. The van der Waals surface area contributed by atoms with Crippen LogP contribution in [0, 0.1) is 0 Å². The lowest BCUT2D eigenvalue weighted by atomic mass is 10.0. The number of thiophene rings is 1. The molecule has 0 unspecified atom stereocenters. The molecule has 2 heterocycles. The number of rotatable bonds is 3. The molecule has 2 nitrogen and oxygen atoms in total. The van der Waals surface area contributed by atoms with E-state index in [1.165, 1.54) is 0 Å². The monoisotopic (exact) mass is 253 g/mol. The second-order valence-corrected chi connectivity index (χ2v) is 4.88. The minimum Gasteiger partial charge on any atom is -0.294 e. The lowest BCUT2D eigenvalue weighted by Crippen LogP contribution is -2.02. The number of hydrogen-bond acceptors (Lipinski definition) is 3. The topological polar surface area (TPSA) is 30.0 Å². The molecule has 88 valence electrons. The standard InChI is InChI=1S/C15H11NOS/c17-15(12-6-8-18-10-12)9-11-5-7-16-14-4-2-1-3-13(11)14/h1-8,10H,9H2. The Morgan fingerprint density at radius 2 is 2.06 bits per heavy atom. The van der Waals surface area contributed by atoms with Gasteiger partial charge in [0, 0.05) is 28.9 Å². The van der Waals surface area contributed by atoms with Crippen LogP contribution in [-0.4, -0.2) is 10.8 Å². The van der Waals surface area contributed by atoms with Crippen molar-refractivity contribution in [2.24, 2.45) is 0 Å². The van der Waals surface area contributed by atoms with Gasteiger partial charge in [0.2, 0.25) is 0 Å². The molecular weight excluding hydrogens is 242 g/mol. The van der Waals surface area contributed by atoms with E-state index < -0.39 is 0 Å². The van der Waals surface area contributed by atoms with Crippen molar-refractivity contribution in [3.63, 3.8) is 0 Å². The zero-order valence-corrected chi connectivity index (χ0v) is 10.5. The minimum absolute atomic E-state index is 0.160. The van der Waals surface area contributed by atoms with Gasteiger partial charge in [-0.1, -0.05) is 18.2 Å². The van der Waals surface area contributed by atoms with Crippen LogP contribution in [0.4, 0.5) is 0 Å². The SMILES string of the molecule is O=C(Cc1ccnc2ccccc12)c1ccsc1. The number of benzene rings is 1. The quantitative estimate of drug-likeness (QED) is 0.666. The average molecular weight is 253 g/mol. The lowest BCUT2D eigenvalue weighted by molar-refractivity contribution is 0.0994. The van der Waals surface area contributed by atoms with Crippen molar-refractivity contribution in [2.45, 2.75) is 6.42 Å². The van der Waals surface area contributed by atoms with E-state index in [1.807, 2.05) is 47.2 Å². The molecule has 0 aliphatic rings. The van der Waals surface area contributed by atoms with Crippen molar-refractivity contribution >= 4 is 28.0 Å². The van der Waals surface area contributed by atoms with Crippen molar-refractivity contribution in [3.8, 4) is 0 Å². The Hall–Kier alpha value is -2.00. The van der Waals surface area contributed by atoms with Crippen LogP contribution in [0.15, 0.2) is 53.4 Å². The fraction of sp³-hybridized carbons (Fsp3) is 0.0667. The fourth-order valence-electron chi connectivity index (χ4n) is 2.01. The van der Waals surface area contributed by atoms with E-state index in [0.717, 1.165) is 22.0 Å². The van der Waals surface area contributed by atoms with Crippen LogP contribution < -0.4 is 0 Å². The van der Waals surface area contributed by atoms with Gasteiger partial charge in [-0.15, -0.1) is 0 Å². The van der Waals surface area contributed by atoms with Gasteiger partial charge < -0.3 is 0 Å². The second kappa shape index (κ2) is 4.70. The van der Waals surface area contributed by atoms with Gasteiger partial charge in [0.15, 0.2) is 5.78 Å². The maximum atomic E-state index is 12.1. The summed E-state index contributed by atoms with van der Waals surface area (Å²) in [4.78, 5) is 16.4. The number of carbonyl (C=O) groups is 1. The molecule has 0 aliphatic heterocycles. The van der Waals surface area contributed by atoms with Crippen LogP contribution in [0.25, 0.3) is 10.9 Å². The summed E-state index contributed by atoms with van der Waals surface area (Å²) < 4.78 is 0. The van der Waals surface area contributed by atoms with Gasteiger partial charge in [-0.2, -0.15) is 11.3 Å². The maximum absolute atomic E-state index is 12.1. The molecule has 0 saturated heterocycles. The smallest absolute Gasteiger partial charge is 0.168 e. The highest BCUT2D eigenvalue weighted by Crippen LogP contribution is 2.18. The largest absolute Gasteiger partial charge is 0.294 e. The molecule has 3 heteroatoms. The van der Waals surface area contributed by atoms with Crippen LogP contribution >= 0.6 is 11.3 Å². The van der Waals surface area contributed by atoms with E-state index in [4.69, 9.17) is 0 Å². The molecule has 3 rings (SSSR count). The zero-order chi connectivity index (χ0) is 12.4. The van der Waals surface area contributed by atoms with E-state index in [0.29, 0.717) is 6.42 Å². The molecule has 0 amide bonds. The van der Waals surface area contributed by atoms with Gasteiger partial charge in [0.25, 0.3) is 0 Å². The summed E-state index contributed by atoms with van der Waals surface area (Å²) >= 11 is 1.55. The lowest BCUT2D eigenvalue weighted by Gasteiger charge is -2.04. The summed E-state index contributed by atoms with van der Waals surface area (Å²) in [6.45, 7) is 0. The summed E-state index contributed by atoms with van der Waals surface area (Å²) in [7, 11) is 0. The summed E-state index contributed by atoms with van der Waals surface area (Å²) in [6.07, 6.45) is 2.19. The first-order valence-electron chi connectivity index (χ1n) is 5.72. The number of ketones is 1. The molecule has 0 spiro atoms. The number of carbonyl (C=O) groups excluding carboxylic acids is 1. The number of Topliss-reactive ketones (excluding diaryl/α,β-unsaturated/α-hetero) is 1. The van der Waals surface area contributed by atoms with Crippen molar-refractivity contribution in [2.75, 3.05) is 0 Å². The maximum Gasteiger partial charge on any atom is 0.168 e. The predicted octanol–water partition coefficient (Wildman–Crippen LogP) is 3.72. The Labute approximate surface area is 109 Å². The Morgan fingerprint density at radius 1 is 1.17 bits per heavy atom. The first-order valence-corrected chi connectivity index (χ1v) is 6.67. The Kier molecular flexibility index (Phi) is 2.90. The van der Waals surface area contributed by atoms with E-state index in [-0.39, 0.29) is 5.78 Å². The summed E-state index contributed by atoms with van der Waals surface area (Å²) in [5, 5.41) is 4.88. The van der Waals surface area contributed by atoms with E-state index in [1.54, 1.807) is 17.5 Å². The van der Waals surface area contributed by atoms with Crippen LogP contribution in [0.5, 0.6) is 0 Å². The molecule has 2 aromatic heterocycles. The first-order chi connectivity index (χ1) is 8.84. The van der Waals surface area contributed by atoms with Gasteiger partial charge in [0.1, 0.15) is 0 Å². The number of aromatic nitrogens is 1. The second-order valence-electron chi connectivity index (χ2n) is 4.10. The molecule has 3 aromatic rings. The van der Waals surface area contributed by atoms with Gasteiger partial charge >= 0.3 is 0 Å². The highest BCUT2D eigenvalue weighted by Gasteiger charge is 2.09. The highest BCUT2D eigenvalue weighted by molar-refractivity contribution is 7.08. The molecule has 0 fully saturated rings. The number of para-hydroxylation sites is 1.